The Morgan fingerprint density at radius 2 is 1.77 bits per heavy atom. The van der Waals surface area contributed by atoms with Crippen molar-refractivity contribution in [2.75, 3.05) is 5.32 Å². The number of anilines is 1. The van der Waals surface area contributed by atoms with Gasteiger partial charge in [-0.1, -0.05) is 30.3 Å². The molecule has 3 aromatic rings. The molecule has 2 aromatic carbocycles. The average molecular weight is 365 g/mol. The first-order valence-electron chi connectivity index (χ1n) is 8.23. The molecule has 0 unspecified atom stereocenters. The number of nitrogens with zero attached hydrogens (tertiary/aromatic N) is 1. The molecule has 0 saturated carbocycles. The molecule has 0 aliphatic carbocycles. The summed E-state index contributed by atoms with van der Waals surface area (Å²) in [4.78, 5) is 27.7. The highest BCUT2D eigenvalue weighted by Gasteiger charge is 2.09. The van der Waals surface area contributed by atoms with E-state index in [1.807, 2.05) is 60.0 Å². The highest BCUT2D eigenvalue weighted by atomic mass is 32.1. The van der Waals surface area contributed by atoms with E-state index in [-0.39, 0.29) is 18.2 Å². The molecule has 0 saturated heterocycles. The van der Waals surface area contributed by atoms with Gasteiger partial charge in [0.25, 0.3) is 0 Å². The van der Waals surface area contributed by atoms with Crippen molar-refractivity contribution in [3.8, 4) is 10.6 Å². The molecule has 0 aliphatic heterocycles. The van der Waals surface area contributed by atoms with Crippen molar-refractivity contribution in [1.29, 1.82) is 0 Å². The van der Waals surface area contributed by atoms with Crippen molar-refractivity contribution in [2.45, 2.75) is 19.9 Å². The highest BCUT2D eigenvalue weighted by molar-refractivity contribution is 7.13. The maximum atomic E-state index is 12.1. The van der Waals surface area contributed by atoms with E-state index in [1.165, 1.54) is 18.3 Å². The number of hydrogen-bond donors (Lipinski definition) is 2. The predicted molar refractivity (Wildman–Crippen MR) is 104 cm³/mol. The van der Waals surface area contributed by atoms with Crippen molar-refractivity contribution < 1.29 is 9.59 Å². The molecule has 0 bridgehead atoms. The zero-order valence-corrected chi connectivity index (χ0v) is 15.2. The monoisotopic (exact) mass is 365 g/mol. The summed E-state index contributed by atoms with van der Waals surface area (Å²) in [6, 6.07) is 17.3. The highest BCUT2D eigenvalue weighted by Crippen LogP contribution is 2.25. The minimum atomic E-state index is -0.101. The van der Waals surface area contributed by atoms with Gasteiger partial charge in [0.1, 0.15) is 5.01 Å². The van der Waals surface area contributed by atoms with Gasteiger partial charge in [-0.25, -0.2) is 4.98 Å². The van der Waals surface area contributed by atoms with Crippen molar-refractivity contribution in [3.63, 3.8) is 0 Å². The quantitative estimate of drug-likeness (QED) is 0.701. The van der Waals surface area contributed by atoms with Crippen LogP contribution in [0.4, 0.5) is 5.69 Å². The second-order valence-electron chi connectivity index (χ2n) is 5.84. The molecule has 6 heteroatoms. The van der Waals surface area contributed by atoms with Crippen molar-refractivity contribution in [1.82, 2.24) is 10.3 Å². The summed E-state index contributed by atoms with van der Waals surface area (Å²) in [6.07, 6.45) is 0.257. The lowest BCUT2D eigenvalue weighted by Crippen LogP contribution is -2.24. The molecule has 1 heterocycles. The summed E-state index contributed by atoms with van der Waals surface area (Å²) in [5, 5.41) is 8.40. The molecular weight excluding hydrogens is 346 g/mol. The number of aromatic nitrogens is 1. The minimum absolute atomic E-state index is 0.0493. The third-order valence-corrected chi connectivity index (χ3v) is 4.62. The van der Waals surface area contributed by atoms with Gasteiger partial charge in [-0.05, 0) is 29.8 Å². The average Bonchev–Trinajstić information content (AvgIpc) is 3.09. The standard InChI is InChI=1S/C20H19N3O2S/c1-14(24)22-17-9-7-16(8-10-17)20-23-18(13-26-20)11-19(25)21-12-15-5-3-2-4-6-15/h2-10,13H,11-12H2,1H3,(H,21,25)(H,22,24). The number of thiazole rings is 1. The van der Waals surface area contributed by atoms with Crippen LogP contribution in [-0.4, -0.2) is 16.8 Å². The molecule has 1 aromatic heterocycles. The molecular formula is C20H19N3O2S. The molecule has 0 atom stereocenters. The number of amides is 2. The van der Waals surface area contributed by atoms with Gasteiger partial charge < -0.3 is 10.6 Å². The molecule has 2 amide bonds. The Hall–Kier alpha value is -2.99. The van der Waals surface area contributed by atoms with Crippen LogP contribution in [0.15, 0.2) is 60.0 Å². The lowest BCUT2D eigenvalue weighted by molar-refractivity contribution is -0.120. The summed E-state index contributed by atoms with van der Waals surface area (Å²) < 4.78 is 0. The van der Waals surface area contributed by atoms with E-state index in [1.54, 1.807) is 0 Å². The first-order valence-corrected chi connectivity index (χ1v) is 9.11. The van der Waals surface area contributed by atoms with Gasteiger partial charge in [0, 0.05) is 30.1 Å². The summed E-state index contributed by atoms with van der Waals surface area (Å²) in [7, 11) is 0. The number of nitrogens with one attached hydrogen (secondary N) is 2. The van der Waals surface area contributed by atoms with Crippen molar-refractivity contribution in [3.05, 3.63) is 71.2 Å². The zero-order chi connectivity index (χ0) is 18.4. The van der Waals surface area contributed by atoms with E-state index >= 15 is 0 Å². The first-order chi connectivity index (χ1) is 12.6. The lowest BCUT2D eigenvalue weighted by Gasteiger charge is -2.04. The van der Waals surface area contributed by atoms with Crippen molar-refractivity contribution >= 4 is 28.8 Å². The van der Waals surface area contributed by atoms with Crippen LogP contribution in [0, 0.1) is 0 Å². The van der Waals surface area contributed by atoms with Gasteiger partial charge >= 0.3 is 0 Å². The molecule has 26 heavy (non-hydrogen) atoms. The van der Waals surface area contributed by atoms with Crippen LogP contribution in [0.2, 0.25) is 0 Å². The van der Waals surface area contributed by atoms with Gasteiger partial charge in [0.05, 0.1) is 12.1 Å². The van der Waals surface area contributed by atoms with Crippen LogP contribution in [0.5, 0.6) is 0 Å². The maximum Gasteiger partial charge on any atom is 0.226 e. The van der Waals surface area contributed by atoms with Gasteiger partial charge in [-0.15, -0.1) is 11.3 Å². The predicted octanol–water partition coefficient (Wildman–Crippen LogP) is 3.63. The molecule has 0 fully saturated rings. The Kier molecular flexibility index (Phi) is 5.76. The largest absolute Gasteiger partial charge is 0.352 e. The maximum absolute atomic E-state index is 12.1. The number of benzene rings is 2. The summed E-state index contributed by atoms with van der Waals surface area (Å²) in [5.41, 5.74) is 3.53. The zero-order valence-electron chi connectivity index (χ0n) is 14.4. The number of hydrogen-bond acceptors (Lipinski definition) is 4. The van der Waals surface area contributed by atoms with E-state index in [9.17, 15) is 9.59 Å². The third-order valence-electron chi connectivity index (χ3n) is 3.68. The minimum Gasteiger partial charge on any atom is -0.352 e. The van der Waals surface area contributed by atoms with Gasteiger partial charge in [0.2, 0.25) is 11.8 Å². The Morgan fingerprint density at radius 1 is 1.04 bits per heavy atom. The Labute approximate surface area is 156 Å². The van der Waals surface area contributed by atoms with E-state index in [0.717, 1.165) is 27.5 Å². The Morgan fingerprint density at radius 3 is 2.46 bits per heavy atom. The summed E-state index contributed by atoms with van der Waals surface area (Å²) >= 11 is 1.50. The van der Waals surface area contributed by atoms with Crippen LogP contribution in [-0.2, 0) is 22.6 Å². The fourth-order valence-electron chi connectivity index (χ4n) is 2.44. The van der Waals surface area contributed by atoms with Crippen LogP contribution in [0.25, 0.3) is 10.6 Å². The first kappa shape index (κ1) is 17.8. The molecule has 0 radical (unpaired) electrons. The Bertz CT molecular complexity index is 889. The molecule has 132 valence electrons. The van der Waals surface area contributed by atoms with Crippen LogP contribution < -0.4 is 10.6 Å². The van der Waals surface area contributed by atoms with Crippen LogP contribution >= 0.6 is 11.3 Å². The van der Waals surface area contributed by atoms with E-state index in [2.05, 4.69) is 15.6 Å². The van der Waals surface area contributed by atoms with Crippen LogP contribution in [0.3, 0.4) is 0 Å². The Balaban J connectivity index is 1.57. The summed E-state index contributed by atoms with van der Waals surface area (Å²) in [6.45, 7) is 1.99. The van der Waals surface area contributed by atoms with Crippen LogP contribution in [0.1, 0.15) is 18.2 Å². The second kappa shape index (κ2) is 8.40. The number of rotatable bonds is 6. The molecule has 3 rings (SSSR count). The smallest absolute Gasteiger partial charge is 0.226 e. The van der Waals surface area contributed by atoms with Crippen molar-refractivity contribution in [2.24, 2.45) is 0 Å². The third kappa shape index (κ3) is 5.00. The van der Waals surface area contributed by atoms with E-state index in [4.69, 9.17) is 0 Å². The SMILES string of the molecule is CC(=O)Nc1ccc(-c2nc(CC(=O)NCc3ccccc3)cs2)cc1. The molecule has 5 nitrogen and oxygen atoms in total. The lowest BCUT2D eigenvalue weighted by atomic mass is 10.2. The van der Waals surface area contributed by atoms with Gasteiger partial charge in [-0.3, -0.25) is 9.59 Å². The fourth-order valence-corrected chi connectivity index (χ4v) is 3.27. The number of carbonyl (C=O) groups is 2. The molecule has 2 N–H and O–H groups in total. The fraction of sp³-hybridized carbons (Fsp3) is 0.150. The van der Waals surface area contributed by atoms with Gasteiger partial charge in [-0.2, -0.15) is 0 Å². The second-order valence-corrected chi connectivity index (χ2v) is 6.70. The van der Waals surface area contributed by atoms with Gasteiger partial charge in [0.15, 0.2) is 0 Å². The van der Waals surface area contributed by atoms with E-state index < -0.39 is 0 Å². The summed E-state index contributed by atoms with van der Waals surface area (Å²) in [5.74, 6) is -0.150. The molecule has 0 aliphatic rings. The normalized spacial score (nSPS) is 10.3. The topological polar surface area (TPSA) is 71.1 Å². The molecule has 0 spiro atoms. The number of carbonyl (C=O) groups excluding carboxylic acids is 2. The van der Waals surface area contributed by atoms with E-state index in [0.29, 0.717) is 6.54 Å².